The molecule has 17 heavy (non-hydrogen) atoms. The third kappa shape index (κ3) is 2.03. The highest BCUT2D eigenvalue weighted by Gasteiger charge is 2.42. The molecule has 0 radical (unpaired) electrons. The molecule has 1 aromatic rings. The standard InChI is InChI=1S/C9H13N3O5/c10-6-7(15)4(3-13)17-8(6)12-2-1-5(14)11-9(12)16/h1-2,4,6-8,13,15H,3,10H2,(H,11,14,16)/t4-,6?,7+,8-/m1/s1. The first kappa shape index (κ1) is 12.0. The number of nitrogens with one attached hydrogen (secondary N) is 1. The Morgan fingerprint density at radius 2 is 2.24 bits per heavy atom. The van der Waals surface area contributed by atoms with Crippen LogP contribution in [0.4, 0.5) is 0 Å². The van der Waals surface area contributed by atoms with Crippen molar-refractivity contribution in [3.05, 3.63) is 33.1 Å². The summed E-state index contributed by atoms with van der Waals surface area (Å²) in [6.45, 7) is -0.399. The van der Waals surface area contributed by atoms with Crippen LogP contribution >= 0.6 is 0 Å². The number of ether oxygens (including phenoxy) is 1. The molecule has 0 saturated carbocycles. The monoisotopic (exact) mass is 243 g/mol. The fourth-order valence-electron chi connectivity index (χ4n) is 1.80. The second-order valence-corrected chi connectivity index (χ2v) is 3.83. The maximum Gasteiger partial charge on any atom is 0.330 e. The van der Waals surface area contributed by atoms with E-state index in [1.807, 2.05) is 0 Å². The molecule has 0 bridgehead atoms. The molecule has 8 heteroatoms. The number of aliphatic hydroxyl groups excluding tert-OH is 2. The lowest BCUT2D eigenvalue weighted by Crippen LogP contribution is -2.42. The van der Waals surface area contributed by atoms with E-state index >= 15 is 0 Å². The van der Waals surface area contributed by atoms with Crippen LogP contribution in [-0.2, 0) is 4.74 Å². The fraction of sp³-hybridized carbons (Fsp3) is 0.556. The van der Waals surface area contributed by atoms with E-state index in [-0.39, 0.29) is 0 Å². The van der Waals surface area contributed by atoms with Crippen LogP contribution in [0.15, 0.2) is 21.9 Å². The van der Waals surface area contributed by atoms with Crippen molar-refractivity contribution in [2.24, 2.45) is 5.73 Å². The maximum absolute atomic E-state index is 11.5. The van der Waals surface area contributed by atoms with Crippen molar-refractivity contribution in [1.29, 1.82) is 0 Å². The van der Waals surface area contributed by atoms with E-state index in [1.54, 1.807) is 0 Å². The Bertz CT molecular complexity index is 510. The summed E-state index contributed by atoms with van der Waals surface area (Å²) in [6.07, 6.45) is -1.58. The van der Waals surface area contributed by atoms with Crippen LogP contribution in [0.25, 0.3) is 0 Å². The fourth-order valence-corrected chi connectivity index (χ4v) is 1.80. The predicted molar refractivity (Wildman–Crippen MR) is 56.3 cm³/mol. The maximum atomic E-state index is 11.5. The van der Waals surface area contributed by atoms with E-state index in [9.17, 15) is 14.7 Å². The van der Waals surface area contributed by atoms with Crippen molar-refractivity contribution in [2.75, 3.05) is 6.61 Å². The minimum atomic E-state index is -1.07. The van der Waals surface area contributed by atoms with Crippen LogP contribution in [0.2, 0.25) is 0 Å². The van der Waals surface area contributed by atoms with Gasteiger partial charge in [-0.05, 0) is 0 Å². The molecule has 1 fully saturated rings. The molecule has 1 aromatic heterocycles. The van der Waals surface area contributed by atoms with E-state index in [4.69, 9.17) is 15.6 Å². The minimum absolute atomic E-state index is 0.399. The Morgan fingerprint density at radius 1 is 1.53 bits per heavy atom. The summed E-state index contributed by atoms with van der Waals surface area (Å²) in [5.41, 5.74) is 4.48. The average Bonchev–Trinajstić information content (AvgIpc) is 2.57. The summed E-state index contributed by atoms with van der Waals surface area (Å²) in [5, 5.41) is 18.6. The lowest BCUT2D eigenvalue weighted by Gasteiger charge is -2.17. The zero-order chi connectivity index (χ0) is 12.6. The molecule has 8 nitrogen and oxygen atoms in total. The van der Waals surface area contributed by atoms with E-state index in [0.717, 1.165) is 10.6 Å². The second-order valence-electron chi connectivity index (χ2n) is 3.83. The van der Waals surface area contributed by atoms with E-state index < -0.39 is 42.3 Å². The molecule has 0 aromatic carbocycles. The number of aromatic nitrogens is 2. The highest BCUT2D eigenvalue weighted by molar-refractivity contribution is 4.94. The normalized spacial score (nSPS) is 32.9. The highest BCUT2D eigenvalue weighted by Crippen LogP contribution is 2.26. The van der Waals surface area contributed by atoms with Crippen molar-refractivity contribution < 1.29 is 14.9 Å². The number of nitrogens with two attached hydrogens (primary N) is 1. The van der Waals surface area contributed by atoms with Gasteiger partial charge in [-0.3, -0.25) is 14.3 Å². The second kappa shape index (κ2) is 4.41. The van der Waals surface area contributed by atoms with Crippen molar-refractivity contribution in [2.45, 2.75) is 24.5 Å². The zero-order valence-corrected chi connectivity index (χ0v) is 8.81. The van der Waals surface area contributed by atoms with Gasteiger partial charge >= 0.3 is 5.69 Å². The number of nitrogens with zero attached hydrogens (tertiary/aromatic N) is 1. The van der Waals surface area contributed by atoms with Crippen LogP contribution in [0, 0.1) is 0 Å². The van der Waals surface area contributed by atoms with Crippen molar-refractivity contribution in [1.82, 2.24) is 9.55 Å². The molecule has 0 spiro atoms. The third-order valence-corrected chi connectivity index (χ3v) is 2.72. The van der Waals surface area contributed by atoms with Gasteiger partial charge in [-0.15, -0.1) is 0 Å². The molecule has 1 aliphatic heterocycles. The first-order chi connectivity index (χ1) is 8.04. The number of hydrogen-bond donors (Lipinski definition) is 4. The third-order valence-electron chi connectivity index (χ3n) is 2.72. The molecule has 0 aliphatic carbocycles. The van der Waals surface area contributed by atoms with Crippen LogP contribution in [0.3, 0.4) is 0 Å². The van der Waals surface area contributed by atoms with Gasteiger partial charge in [-0.1, -0.05) is 0 Å². The molecular weight excluding hydrogens is 230 g/mol. The van der Waals surface area contributed by atoms with Crippen LogP contribution in [-0.4, -0.2) is 44.6 Å². The Labute approximate surface area is 95.3 Å². The number of aromatic amines is 1. The molecular formula is C9H13N3O5. The van der Waals surface area contributed by atoms with Gasteiger partial charge in [0.1, 0.15) is 12.2 Å². The number of aliphatic hydroxyl groups is 2. The quantitative estimate of drug-likeness (QED) is 0.441. The van der Waals surface area contributed by atoms with Gasteiger partial charge in [0.15, 0.2) is 6.23 Å². The summed E-state index contributed by atoms with van der Waals surface area (Å²) in [6, 6.07) is 0.298. The molecule has 2 rings (SSSR count). The van der Waals surface area contributed by atoms with Gasteiger partial charge in [-0.25, -0.2) is 4.79 Å². The number of H-pyrrole nitrogens is 1. The van der Waals surface area contributed by atoms with Gasteiger partial charge < -0.3 is 20.7 Å². The lowest BCUT2D eigenvalue weighted by atomic mass is 10.1. The predicted octanol–water partition coefficient (Wildman–Crippen LogP) is -2.89. The van der Waals surface area contributed by atoms with E-state index in [1.165, 1.54) is 6.20 Å². The first-order valence-electron chi connectivity index (χ1n) is 5.06. The van der Waals surface area contributed by atoms with Crippen LogP contribution in [0.5, 0.6) is 0 Å². The van der Waals surface area contributed by atoms with Gasteiger partial charge in [0.25, 0.3) is 5.56 Å². The average molecular weight is 243 g/mol. The van der Waals surface area contributed by atoms with Gasteiger partial charge in [0, 0.05) is 12.3 Å². The Hall–Kier alpha value is -1.48. The van der Waals surface area contributed by atoms with E-state index in [0.29, 0.717) is 0 Å². The molecule has 1 unspecified atom stereocenters. The highest BCUT2D eigenvalue weighted by atomic mass is 16.5. The summed E-state index contributed by atoms with van der Waals surface area (Å²) in [7, 11) is 0. The summed E-state index contributed by atoms with van der Waals surface area (Å²) in [4.78, 5) is 24.5. The summed E-state index contributed by atoms with van der Waals surface area (Å²) >= 11 is 0. The number of rotatable bonds is 2. The summed E-state index contributed by atoms with van der Waals surface area (Å²) in [5.74, 6) is 0. The van der Waals surface area contributed by atoms with E-state index in [2.05, 4.69) is 4.98 Å². The largest absolute Gasteiger partial charge is 0.394 e. The Morgan fingerprint density at radius 3 is 2.76 bits per heavy atom. The molecule has 5 N–H and O–H groups in total. The molecule has 2 heterocycles. The lowest BCUT2D eigenvalue weighted by molar-refractivity contribution is -0.0465. The first-order valence-corrected chi connectivity index (χ1v) is 5.06. The molecule has 4 atom stereocenters. The Balaban J connectivity index is 2.35. The summed E-state index contributed by atoms with van der Waals surface area (Å²) < 4.78 is 6.33. The molecule has 0 amide bonds. The van der Waals surface area contributed by atoms with Crippen molar-refractivity contribution >= 4 is 0 Å². The molecule has 1 aliphatic rings. The van der Waals surface area contributed by atoms with Crippen molar-refractivity contribution in [3.63, 3.8) is 0 Å². The number of hydrogen-bond acceptors (Lipinski definition) is 6. The molecule has 94 valence electrons. The van der Waals surface area contributed by atoms with Crippen LogP contribution in [0.1, 0.15) is 6.23 Å². The zero-order valence-electron chi connectivity index (χ0n) is 8.81. The smallest absolute Gasteiger partial charge is 0.330 e. The van der Waals surface area contributed by atoms with Gasteiger partial charge in [0.2, 0.25) is 0 Å². The van der Waals surface area contributed by atoms with Crippen LogP contribution < -0.4 is 17.0 Å². The van der Waals surface area contributed by atoms with Gasteiger partial charge in [-0.2, -0.15) is 0 Å². The van der Waals surface area contributed by atoms with Crippen molar-refractivity contribution in [3.8, 4) is 0 Å². The topological polar surface area (TPSA) is 131 Å². The van der Waals surface area contributed by atoms with Gasteiger partial charge in [0.05, 0.1) is 12.6 Å². The minimum Gasteiger partial charge on any atom is -0.394 e. The SMILES string of the molecule is NC1[C@@H](O)[C@@H](CO)O[C@H]1n1ccc(=O)[nH]c1=O. The molecule has 1 saturated heterocycles. The Kier molecular flexibility index (Phi) is 3.11.